The van der Waals surface area contributed by atoms with Gasteiger partial charge in [-0.05, 0) is 28.3 Å². The molecule has 0 atom stereocenters. The largest absolute Gasteiger partial charge is 0.478 e. The summed E-state index contributed by atoms with van der Waals surface area (Å²) in [4.78, 5) is 14.6. The van der Waals surface area contributed by atoms with Gasteiger partial charge in [0.25, 0.3) is 0 Å². The molecule has 0 aliphatic heterocycles. The number of carboxylic acids is 1. The van der Waals surface area contributed by atoms with Crippen LogP contribution in [-0.4, -0.2) is 22.3 Å². The monoisotopic (exact) mass is 247 g/mol. The number of hydrogen-bond donors (Lipinski definition) is 1. The number of hydrogen-bond acceptors (Lipinski definition) is 3. The van der Waals surface area contributed by atoms with Crippen LogP contribution in [0.3, 0.4) is 0 Å². The van der Waals surface area contributed by atoms with Crippen molar-refractivity contribution in [3.8, 4) is 0 Å². The molecule has 0 radical (unpaired) electrons. The number of rotatable bonds is 2. The number of aromatic carboxylic acids is 1. The van der Waals surface area contributed by atoms with E-state index in [4.69, 9.17) is 5.11 Å². The van der Waals surface area contributed by atoms with Crippen LogP contribution in [0.25, 0.3) is 0 Å². The first-order valence-electron chi connectivity index (χ1n) is 3.08. The molecule has 0 saturated heterocycles. The van der Waals surface area contributed by atoms with Gasteiger partial charge < -0.3 is 5.11 Å². The van der Waals surface area contributed by atoms with Gasteiger partial charge in [-0.3, -0.25) is 0 Å². The van der Waals surface area contributed by atoms with E-state index in [2.05, 4.69) is 20.9 Å². The third kappa shape index (κ3) is 1.98. The van der Waals surface area contributed by atoms with Crippen molar-refractivity contribution in [2.75, 3.05) is 6.26 Å². The van der Waals surface area contributed by atoms with Gasteiger partial charge in [-0.1, -0.05) is 0 Å². The summed E-state index contributed by atoms with van der Waals surface area (Å²) >= 11 is 4.52. The molecule has 0 amide bonds. The number of aromatic nitrogens is 1. The van der Waals surface area contributed by atoms with Crippen LogP contribution >= 0.6 is 27.7 Å². The first kappa shape index (κ1) is 9.54. The molecule has 0 fully saturated rings. The van der Waals surface area contributed by atoms with Gasteiger partial charge in [0.15, 0.2) is 0 Å². The Balaban J connectivity index is 3.17. The van der Waals surface area contributed by atoms with Crippen molar-refractivity contribution in [1.82, 2.24) is 4.98 Å². The first-order chi connectivity index (χ1) is 5.65. The van der Waals surface area contributed by atoms with Crippen LogP contribution < -0.4 is 0 Å². The molecular formula is C7H6BrNO2S. The predicted molar refractivity (Wildman–Crippen MR) is 50.7 cm³/mol. The topological polar surface area (TPSA) is 50.2 Å². The average molecular weight is 248 g/mol. The molecule has 0 bridgehead atoms. The second-order valence-electron chi connectivity index (χ2n) is 2.01. The van der Waals surface area contributed by atoms with Crippen molar-refractivity contribution in [3.05, 3.63) is 22.3 Å². The Morgan fingerprint density at radius 1 is 1.75 bits per heavy atom. The Kier molecular flexibility index (Phi) is 3.11. The van der Waals surface area contributed by atoms with E-state index >= 15 is 0 Å². The third-order valence-corrected chi connectivity index (χ3v) is 2.54. The molecule has 0 spiro atoms. The highest BCUT2D eigenvalue weighted by molar-refractivity contribution is 9.10. The van der Waals surface area contributed by atoms with E-state index in [1.165, 1.54) is 24.0 Å². The van der Waals surface area contributed by atoms with Gasteiger partial charge in [-0.25, -0.2) is 9.78 Å². The van der Waals surface area contributed by atoms with Gasteiger partial charge in [0.05, 0.1) is 15.1 Å². The lowest BCUT2D eigenvalue weighted by Crippen LogP contribution is -1.98. The van der Waals surface area contributed by atoms with Gasteiger partial charge in [0, 0.05) is 6.20 Å². The van der Waals surface area contributed by atoms with Gasteiger partial charge in [-0.15, -0.1) is 11.8 Å². The van der Waals surface area contributed by atoms with Crippen LogP contribution in [0.2, 0.25) is 0 Å². The second kappa shape index (κ2) is 3.91. The summed E-state index contributed by atoms with van der Waals surface area (Å²) in [5.41, 5.74) is 0.245. The van der Waals surface area contributed by atoms with E-state index in [0.29, 0.717) is 9.50 Å². The molecule has 0 aromatic carbocycles. The number of carboxylic acid groups (broad SMARTS) is 1. The summed E-state index contributed by atoms with van der Waals surface area (Å²) in [6, 6.07) is 1.54. The molecule has 0 aliphatic carbocycles. The zero-order chi connectivity index (χ0) is 9.14. The lowest BCUT2D eigenvalue weighted by molar-refractivity contribution is 0.0695. The minimum atomic E-state index is -0.945. The van der Waals surface area contributed by atoms with E-state index in [0.717, 1.165) is 0 Å². The third-order valence-electron chi connectivity index (χ3n) is 1.27. The van der Waals surface area contributed by atoms with Crippen LogP contribution in [0.4, 0.5) is 0 Å². The zero-order valence-electron chi connectivity index (χ0n) is 6.24. The second-order valence-corrected chi connectivity index (χ2v) is 3.69. The number of halogens is 1. The Morgan fingerprint density at radius 3 is 2.92 bits per heavy atom. The van der Waals surface area contributed by atoms with E-state index in [9.17, 15) is 4.79 Å². The predicted octanol–water partition coefficient (Wildman–Crippen LogP) is 2.26. The molecule has 12 heavy (non-hydrogen) atoms. The maximum Gasteiger partial charge on any atom is 0.336 e. The maximum absolute atomic E-state index is 10.6. The maximum atomic E-state index is 10.6. The van der Waals surface area contributed by atoms with Crippen molar-refractivity contribution in [3.63, 3.8) is 0 Å². The highest BCUT2D eigenvalue weighted by Crippen LogP contribution is 2.20. The van der Waals surface area contributed by atoms with Crippen molar-refractivity contribution in [2.24, 2.45) is 0 Å². The molecule has 5 heteroatoms. The Bertz CT molecular complexity index is 316. The summed E-state index contributed by atoms with van der Waals surface area (Å²) in [6.07, 6.45) is 3.34. The summed E-state index contributed by atoms with van der Waals surface area (Å²) in [7, 11) is 0. The van der Waals surface area contributed by atoms with Gasteiger partial charge in [0.1, 0.15) is 0 Å². The van der Waals surface area contributed by atoms with E-state index in [1.54, 1.807) is 0 Å². The van der Waals surface area contributed by atoms with Gasteiger partial charge in [-0.2, -0.15) is 0 Å². The fourth-order valence-corrected chi connectivity index (χ4v) is 1.48. The summed E-state index contributed by atoms with van der Waals surface area (Å²) < 4.78 is 0.507. The number of pyridine rings is 1. The molecule has 3 nitrogen and oxygen atoms in total. The number of thioether (sulfide) groups is 1. The summed E-state index contributed by atoms with van der Waals surface area (Å²) in [5, 5.41) is 9.42. The van der Waals surface area contributed by atoms with Crippen molar-refractivity contribution in [2.45, 2.75) is 5.03 Å². The lowest BCUT2D eigenvalue weighted by Gasteiger charge is -1.99. The lowest BCUT2D eigenvalue weighted by atomic mass is 10.3. The van der Waals surface area contributed by atoms with E-state index < -0.39 is 5.97 Å². The van der Waals surface area contributed by atoms with Crippen molar-refractivity contribution >= 4 is 33.7 Å². The molecule has 1 rings (SSSR count). The van der Waals surface area contributed by atoms with Gasteiger partial charge >= 0.3 is 5.97 Å². The Labute approximate surface area is 82.3 Å². The Morgan fingerprint density at radius 2 is 2.42 bits per heavy atom. The summed E-state index contributed by atoms with van der Waals surface area (Å²) in [5.74, 6) is -0.945. The first-order valence-corrected chi connectivity index (χ1v) is 5.09. The normalized spacial score (nSPS) is 9.83. The van der Waals surface area contributed by atoms with Crippen molar-refractivity contribution < 1.29 is 9.90 Å². The van der Waals surface area contributed by atoms with Crippen molar-refractivity contribution in [1.29, 1.82) is 0 Å². The minimum Gasteiger partial charge on any atom is -0.478 e. The fourth-order valence-electron chi connectivity index (χ4n) is 0.695. The average Bonchev–Trinajstić information content (AvgIpc) is 2.05. The molecule has 1 aromatic rings. The molecule has 0 unspecified atom stereocenters. The zero-order valence-corrected chi connectivity index (χ0v) is 8.65. The SMILES string of the molecule is CSc1cc(C(=O)O)c(Br)cn1. The fraction of sp³-hybridized carbons (Fsp3) is 0.143. The van der Waals surface area contributed by atoms with Crippen LogP contribution in [0.15, 0.2) is 21.8 Å². The molecule has 0 aliphatic rings. The molecule has 1 N–H and O–H groups in total. The minimum absolute atomic E-state index is 0.245. The molecule has 64 valence electrons. The quantitative estimate of drug-likeness (QED) is 0.815. The number of nitrogens with zero attached hydrogens (tertiary/aromatic N) is 1. The molecule has 1 heterocycles. The molecular weight excluding hydrogens is 242 g/mol. The highest BCUT2D eigenvalue weighted by atomic mass is 79.9. The molecule has 0 saturated carbocycles. The standard InChI is InChI=1S/C7H6BrNO2S/c1-12-6-2-4(7(10)11)5(8)3-9-6/h2-3H,1H3,(H,10,11). The van der Waals surface area contributed by atoms with Crippen LogP contribution in [0, 0.1) is 0 Å². The van der Waals surface area contributed by atoms with E-state index in [1.807, 2.05) is 6.26 Å². The Hall–Kier alpha value is -0.550. The highest BCUT2D eigenvalue weighted by Gasteiger charge is 2.08. The molecule has 1 aromatic heterocycles. The van der Waals surface area contributed by atoms with Crippen LogP contribution in [-0.2, 0) is 0 Å². The van der Waals surface area contributed by atoms with E-state index in [-0.39, 0.29) is 5.56 Å². The van der Waals surface area contributed by atoms with Crippen LogP contribution in [0.1, 0.15) is 10.4 Å². The smallest absolute Gasteiger partial charge is 0.336 e. The van der Waals surface area contributed by atoms with Gasteiger partial charge in [0.2, 0.25) is 0 Å². The number of carbonyl (C=O) groups is 1. The van der Waals surface area contributed by atoms with Crippen LogP contribution in [0.5, 0.6) is 0 Å². The summed E-state index contributed by atoms with van der Waals surface area (Å²) in [6.45, 7) is 0.